The zero-order valence-electron chi connectivity index (χ0n) is 12.1. The van der Waals surface area contributed by atoms with Gasteiger partial charge in [0.15, 0.2) is 0 Å². The predicted molar refractivity (Wildman–Crippen MR) is 73.6 cm³/mol. The average molecular weight is 255 g/mol. The van der Waals surface area contributed by atoms with Gasteiger partial charge in [0, 0.05) is 25.7 Å². The lowest BCUT2D eigenvalue weighted by atomic mass is 9.76. The molecule has 106 valence electrons. The Morgan fingerprint density at radius 3 is 2.39 bits per heavy atom. The summed E-state index contributed by atoms with van der Waals surface area (Å²) in [5.41, 5.74) is 0. The minimum absolute atomic E-state index is 0.132. The number of likely N-dealkylation sites (tertiary alicyclic amines) is 1. The van der Waals surface area contributed by atoms with Crippen LogP contribution >= 0.6 is 0 Å². The molecule has 3 nitrogen and oxygen atoms in total. The van der Waals surface area contributed by atoms with Crippen molar-refractivity contribution in [2.45, 2.75) is 64.7 Å². The minimum Gasteiger partial charge on any atom is -0.391 e. The van der Waals surface area contributed by atoms with Crippen molar-refractivity contribution in [3.05, 3.63) is 0 Å². The van der Waals surface area contributed by atoms with E-state index in [1.807, 2.05) is 0 Å². The van der Waals surface area contributed by atoms with Crippen LogP contribution < -0.4 is 0 Å². The van der Waals surface area contributed by atoms with Crippen LogP contribution in [-0.2, 0) is 4.74 Å². The predicted octanol–water partition coefficient (Wildman–Crippen LogP) is 2.28. The smallest absolute Gasteiger partial charge is 0.0700 e. The first-order valence-electron chi connectivity index (χ1n) is 7.65. The quantitative estimate of drug-likeness (QED) is 0.840. The molecular formula is C15H29NO2. The monoisotopic (exact) mass is 255 g/mol. The molecule has 0 radical (unpaired) electrons. The van der Waals surface area contributed by atoms with Gasteiger partial charge >= 0.3 is 0 Å². The Kier molecular flexibility index (Phi) is 5.05. The largest absolute Gasteiger partial charge is 0.391 e. The van der Waals surface area contributed by atoms with Gasteiger partial charge in [-0.2, -0.15) is 0 Å². The Labute approximate surface area is 112 Å². The van der Waals surface area contributed by atoms with E-state index in [0.29, 0.717) is 24.0 Å². The average Bonchev–Trinajstić information content (AvgIpc) is 2.30. The van der Waals surface area contributed by atoms with Crippen LogP contribution in [0.1, 0.15) is 46.5 Å². The van der Waals surface area contributed by atoms with Crippen LogP contribution in [0.3, 0.4) is 0 Å². The molecule has 1 saturated carbocycles. The minimum atomic E-state index is -0.132. The first-order valence-corrected chi connectivity index (χ1v) is 7.65. The highest BCUT2D eigenvalue weighted by atomic mass is 16.5. The van der Waals surface area contributed by atoms with Gasteiger partial charge in [-0.05, 0) is 44.4 Å². The highest BCUT2D eigenvalue weighted by Crippen LogP contribution is 2.33. The van der Waals surface area contributed by atoms with E-state index < -0.39 is 0 Å². The van der Waals surface area contributed by atoms with Gasteiger partial charge in [0.2, 0.25) is 0 Å². The Balaban J connectivity index is 1.88. The zero-order chi connectivity index (χ0) is 13.1. The molecule has 3 heteroatoms. The van der Waals surface area contributed by atoms with Gasteiger partial charge < -0.3 is 9.84 Å². The first kappa shape index (κ1) is 14.3. The van der Waals surface area contributed by atoms with E-state index >= 15 is 0 Å². The molecule has 1 N–H and O–H groups in total. The fraction of sp³-hybridized carbons (Fsp3) is 1.00. The van der Waals surface area contributed by atoms with Crippen molar-refractivity contribution in [2.75, 3.05) is 19.7 Å². The van der Waals surface area contributed by atoms with Gasteiger partial charge in [-0.25, -0.2) is 0 Å². The lowest BCUT2D eigenvalue weighted by molar-refractivity contribution is -0.0568. The molecule has 1 heterocycles. The summed E-state index contributed by atoms with van der Waals surface area (Å²) in [7, 11) is 0. The van der Waals surface area contributed by atoms with Crippen molar-refractivity contribution in [1.29, 1.82) is 0 Å². The molecule has 0 aromatic rings. The Morgan fingerprint density at radius 1 is 1.17 bits per heavy atom. The molecule has 1 aliphatic heterocycles. The van der Waals surface area contributed by atoms with E-state index in [4.69, 9.17) is 4.74 Å². The Hall–Kier alpha value is -0.120. The number of nitrogens with zero attached hydrogens (tertiary/aromatic N) is 1. The van der Waals surface area contributed by atoms with Crippen LogP contribution in [0, 0.1) is 11.8 Å². The third kappa shape index (κ3) is 3.25. The summed E-state index contributed by atoms with van der Waals surface area (Å²) < 4.78 is 5.70. The van der Waals surface area contributed by atoms with Gasteiger partial charge in [0.05, 0.1) is 12.2 Å². The lowest BCUT2D eigenvalue weighted by Crippen LogP contribution is -2.54. The molecule has 18 heavy (non-hydrogen) atoms. The second-order valence-electron chi connectivity index (χ2n) is 6.30. The van der Waals surface area contributed by atoms with Crippen molar-refractivity contribution in [2.24, 2.45) is 11.8 Å². The van der Waals surface area contributed by atoms with Crippen LogP contribution in [0.15, 0.2) is 0 Å². The third-order valence-electron chi connectivity index (χ3n) is 4.70. The van der Waals surface area contributed by atoms with Crippen LogP contribution in [0.25, 0.3) is 0 Å². The van der Waals surface area contributed by atoms with Gasteiger partial charge in [0.1, 0.15) is 0 Å². The molecule has 0 bridgehead atoms. The van der Waals surface area contributed by atoms with Crippen LogP contribution in [0.5, 0.6) is 0 Å². The summed E-state index contributed by atoms with van der Waals surface area (Å²) >= 11 is 0. The summed E-state index contributed by atoms with van der Waals surface area (Å²) in [6, 6.07) is 0.378. The van der Waals surface area contributed by atoms with Crippen molar-refractivity contribution in [3.8, 4) is 0 Å². The number of aliphatic hydroxyl groups excluding tert-OH is 1. The van der Waals surface area contributed by atoms with Gasteiger partial charge in [-0.15, -0.1) is 0 Å². The number of rotatable bonds is 3. The van der Waals surface area contributed by atoms with E-state index in [0.717, 1.165) is 39.0 Å². The number of piperidine rings is 1. The maximum Gasteiger partial charge on any atom is 0.0700 e. The molecule has 4 atom stereocenters. The first-order chi connectivity index (χ1) is 8.61. The number of ether oxygens (including phenoxy) is 1. The zero-order valence-corrected chi connectivity index (χ0v) is 12.1. The normalized spacial score (nSPS) is 40.0. The standard InChI is InChI=1S/C15H29NO2/c1-4-18-13-5-7-16(8-6-13)15-12(3)9-11(2)10-14(15)17/h11-15,17H,4-10H2,1-3H3. The van der Waals surface area contributed by atoms with E-state index in [1.165, 1.54) is 6.42 Å². The fourth-order valence-corrected chi connectivity index (χ4v) is 3.98. The number of hydrogen-bond acceptors (Lipinski definition) is 3. The molecular weight excluding hydrogens is 226 g/mol. The lowest BCUT2D eigenvalue weighted by Gasteiger charge is -2.46. The fourth-order valence-electron chi connectivity index (χ4n) is 3.98. The van der Waals surface area contributed by atoms with Gasteiger partial charge in [-0.1, -0.05) is 13.8 Å². The topological polar surface area (TPSA) is 32.7 Å². The second kappa shape index (κ2) is 6.36. The Bertz CT molecular complexity index is 239. The van der Waals surface area contributed by atoms with Crippen molar-refractivity contribution < 1.29 is 9.84 Å². The number of aliphatic hydroxyl groups is 1. The van der Waals surface area contributed by atoms with Crippen molar-refractivity contribution >= 4 is 0 Å². The maximum atomic E-state index is 10.4. The van der Waals surface area contributed by atoms with Crippen LogP contribution in [0.4, 0.5) is 0 Å². The van der Waals surface area contributed by atoms with Crippen molar-refractivity contribution in [1.82, 2.24) is 4.90 Å². The molecule has 2 fully saturated rings. The molecule has 0 spiro atoms. The highest BCUT2D eigenvalue weighted by Gasteiger charge is 2.37. The molecule has 2 aliphatic rings. The van der Waals surface area contributed by atoms with Crippen molar-refractivity contribution in [3.63, 3.8) is 0 Å². The highest BCUT2D eigenvalue weighted by molar-refractivity contribution is 4.91. The molecule has 1 saturated heterocycles. The van der Waals surface area contributed by atoms with Crippen LogP contribution in [0.2, 0.25) is 0 Å². The Morgan fingerprint density at radius 2 is 1.83 bits per heavy atom. The van der Waals surface area contributed by atoms with E-state index in [1.54, 1.807) is 0 Å². The van der Waals surface area contributed by atoms with Crippen LogP contribution in [-0.4, -0.2) is 48.0 Å². The van der Waals surface area contributed by atoms with Gasteiger partial charge in [-0.3, -0.25) is 4.90 Å². The molecule has 0 amide bonds. The SMILES string of the molecule is CCOC1CCN(C2C(C)CC(C)CC2O)CC1. The van der Waals surface area contributed by atoms with E-state index in [2.05, 4.69) is 25.7 Å². The number of hydrogen-bond donors (Lipinski definition) is 1. The van der Waals surface area contributed by atoms with E-state index in [9.17, 15) is 5.11 Å². The third-order valence-corrected chi connectivity index (χ3v) is 4.70. The molecule has 4 unspecified atom stereocenters. The molecule has 1 aliphatic carbocycles. The molecule has 0 aromatic heterocycles. The maximum absolute atomic E-state index is 10.4. The summed E-state index contributed by atoms with van der Waals surface area (Å²) in [5, 5.41) is 10.4. The molecule has 0 aromatic carbocycles. The second-order valence-corrected chi connectivity index (χ2v) is 6.30. The summed E-state index contributed by atoms with van der Waals surface area (Å²) in [5.74, 6) is 1.29. The summed E-state index contributed by atoms with van der Waals surface area (Å²) in [6.45, 7) is 9.64. The van der Waals surface area contributed by atoms with E-state index in [-0.39, 0.29) is 6.10 Å². The summed E-state index contributed by atoms with van der Waals surface area (Å²) in [6.07, 6.45) is 4.79. The van der Waals surface area contributed by atoms with Gasteiger partial charge in [0.25, 0.3) is 0 Å². The molecule has 2 rings (SSSR count). The summed E-state index contributed by atoms with van der Waals surface area (Å²) in [4.78, 5) is 2.51.